The zero-order chi connectivity index (χ0) is 26.6. The first kappa shape index (κ1) is 27.3. The Hall–Kier alpha value is -2.77. The van der Waals surface area contributed by atoms with Crippen LogP contribution in [0.2, 0.25) is 0 Å². The number of nitrogens with zero attached hydrogens (tertiary/aromatic N) is 5. The first-order valence-electron chi connectivity index (χ1n) is 13.6. The lowest BCUT2D eigenvalue weighted by molar-refractivity contribution is -0.136. The fourth-order valence-corrected chi connectivity index (χ4v) is 5.96. The Balaban J connectivity index is 1.36. The molecule has 0 radical (unpaired) electrons. The van der Waals surface area contributed by atoms with Gasteiger partial charge in [-0.2, -0.15) is 0 Å². The van der Waals surface area contributed by atoms with Crippen molar-refractivity contribution < 1.29 is 9.59 Å². The van der Waals surface area contributed by atoms with Crippen molar-refractivity contribution in [3.05, 3.63) is 65.0 Å². The Morgan fingerprint density at radius 3 is 2.24 bits per heavy atom. The van der Waals surface area contributed by atoms with E-state index < -0.39 is 0 Å². The van der Waals surface area contributed by atoms with E-state index in [1.54, 1.807) is 6.20 Å². The smallest absolute Gasteiger partial charge is 0.255 e. The molecule has 2 amide bonds. The number of piperidine rings is 2. The summed E-state index contributed by atoms with van der Waals surface area (Å²) in [5.74, 6) is 0.311. The van der Waals surface area contributed by atoms with Crippen molar-refractivity contribution in [2.75, 3.05) is 46.8 Å². The number of aryl methyl sites for hydroxylation is 2. The number of hydrogen-bond acceptors (Lipinski definition) is 5. The average molecular weight is 506 g/mol. The average Bonchev–Trinajstić information content (AvgIpc) is 2.88. The van der Waals surface area contributed by atoms with Gasteiger partial charge in [0.2, 0.25) is 5.91 Å². The molecule has 1 aromatic carbocycles. The molecule has 0 bridgehead atoms. The Morgan fingerprint density at radius 1 is 1.00 bits per heavy atom. The lowest BCUT2D eigenvalue weighted by atomic mass is 9.85. The summed E-state index contributed by atoms with van der Waals surface area (Å²) in [5, 5.41) is 0. The predicted octanol–water partition coefficient (Wildman–Crippen LogP) is 3.75. The Kier molecular flexibility index (Phi) is 8.65. The number of benzene rings is 1. The zero-order valence-corrected chi connectivity index (χ0v) is 23.2. The number of hydrogen-bond donors (Lipinski definition) is 0. The van der Waals surface area contributed by atoms with Gasteiger partial charge in [-0.3, -0.25) is 19.5 Å². The Morgan fingerprint density at radius 2 is 1.65 bits per heavy atom. The van der Waals surface area contributed by atoms with E-state index in [-0.39, 0.29) is 23.4 Å². The van der Waals surface area contributed by atoms with E-state index >= 15 is 0 Å². The standard InChI is InChI=1S/C30H43N5O2/c1-23-11-16-31-24(2)28(23)29(37)33-19-14-30(3,15-20-33)34-17-12-26(13-18-34)35(27(36)22-32(4)5)21-25-9-7-6-8-10-25/h6-11,16,26H,12-15,17-22H2,1-5H3. The highest BCUT2D eigenvalue weighted by Crippen LogP contribution is 2.33. The maximum absolute atomic E-state index is 13.3. The maximum atomic E-state index is 13.3. The van der Waals surface area contributed by atoms with Crippen LogP contribution in [0.25, 0.3) is 0 Å². The fraction of sp³-hybridized carbons (Fsp3) is 0.567. The molecular formula is C30H43N5O2. The van der Waals surface area contributed by atoms with Gasteiger partial charge in [0.05, 0.1) is 17.8 Å². The molecule has 0 saturated carbocycles. The second-order valence-electron chi connectivity index (χ2n) is 11.3. The van der Waals surface area contributed by atoms with Crippen molar-refractivity contribution in [2.45, 2.75) is 64.6 Å². The van der Waals surface area contributed by atoms with E-state index in [0.29, 0.717) is 13.1 Å². The van der Waals surface area contributed by atoms with Crippen molar-refractivity contribution in [2.24, 2.45) is 0 Å². The number of carbonyl (C=O) groups excluding carboxylic acids is 2. The van der Waals surface area contributed by atoms with E-state index in [9.17, 15) is 9.59 Å². The third kappa shape index (κ3) is 6.39. The summed E-state index contributed by atoms with van der Waals surface area (Å²) in [7, 11) is 3.91. The van der Waals surface area contributed by atoms with Gasteiger partial charge in [-0.1, -0.05) is 30.3 Å². The largest absolute Gasteiger partial charge is 0.338 e. The summed E-state index contributed by atoms with van der Waals surface area (Å²) < 4.78 is 0. The van der Waals surface area contributed by atoms with Crippen LogP contribution >= 0.6 is 0 Å². The summed E-state index contributed by atoms with van der Waals surface area (Å²) >= 11 is 0. The van der Waals surface area contributed by atoms with Crippen LogP contribution in [0.15, 0.2) is 42.6 Å². The molecule has 7 nitrogen and oxygen atoms in total. The van der Waals surface area contributed by atoms with Crippen molar-refractivity contribution in [3.8, 4) is 0 Å². The SMILES string of the molecule is Cc1ccnc(C)c1C(=O)N1CCC(C)(N2CCC(N(Cc3ccccc3)C(=O)CN(C)C)CC2)CC1. The molecule has 37 heavy (non-hydrogen) atoms. The van der Waals surface area contributed by atoms with Gasteiger partial charge in [0.15, 0.2) is 0 Å². The quantitative estimate of drug-likeness (QED) is 0.574. The molecule has 0 spiro atoms. The van der Waals surface area contributed by atoms with E-state index in [2.05, 4.69) is 33.8 Å². The lowest BCUT2D eigenvalue weighted by Crippen LogP contribution is -2.58. The van der Waals surface area contributed by atoms with E-state index in [1.807, 2.05) is 62.0 Å². The highest BCUT2D eigenvalue weighted by Gasteiger charge is 2.40. The molecule has 2 fully saturated rings. The molecule has 0 aliphatic carbocycles. The molecule has 0 N–H and O–H groups in total. The van der Waals surface area contributed by atoms with Gasteiger partial charge >= 0.3 is 0 Å². The van der Waals surface area contributed by atoms with Crippen LogP contribution in [0.1, 0.15) is 59.8 Å². The van der Waals surface area contributed by atoms with Gasteiger partial charge in [-0.05, 0) is 77.7 Å². The Bertz CT molecular complexity index is 1050. The first-order chi connectivity index (χ1) is 17.7. The fourth-order valence-electron chi connectivity index (χ4n) is 5.96. The summed E-state index contributed by atoms with van der Waals surface area (Å²) in [6, 6.07) is 12.5. The second-order valence-corrected chi connectivity index (χ2v) is 11.3. The topological polar surface area (TPSA) is 60.0 Å². The monoisotopic (exact) mass is 505 g/mol. The van der Waals surface area contributed by atoms with Crippen LogP contribution in [0.4, 0.5) is 0 Å². The number of rotatable bonds is 7. The second kappa shape index (κ2) is 11.7. The van der Waals surface area contributed by atoms with E-state index in [1.165, 1.54) is 5.56 Å². The molecule has 7 heteroatoms. The van der Waals surface area contributed by atoms with Gasteiger partial charge in [-0.15, -0.1) is 0 Å². The molecule has 2 saturated heterocycles. The van der Waals surface area contributed by atoms with Gasteiger partial charge in [0.1, 0.15) is 0 Å². The van der Waals surface area contributed by atoms with Crippen LogP contribution in [0, 0.1) is 13.8 Å². The molecule has 0 unspecified atom stereocenters. The summed E-state index contributed by atoms with van der Waals surface area (Å²) in [6.07, 6.45) is 5.67. The Labute approximate surface area is 222 Å². The summed E-state index contributed by atoms with van der Waals surface area (Å²) in [5.41, 5.74) is 3.83. The van der Waals surface area contributed by atoms with Gasteiger partial charge in [0.25, 0.3) is 5.91 Å². The molecule has 2 aliphatic heterocycles. The molecule has 200 valence electrons. The van der Waals surface area contributed by atoms with Gasteiger partial charge in [0, 0.05) is 50.5 Å². The van der Waals surface area contributed by atoms with Crippen molar-refractivity contribution in [1.29, 1.82) is 0 Å². The normalized spacial score (nSPS) is 18.7. The molecule has 1 aromatic heterocycles. The van der Waals surface area contributed by atoms with Crippen LogP contribution in [0.3, 0.4) is 0 Å². The van der Waals surface area contributed by atoms with Crippen LogP contribution in [-0.2, 0) is 11.3 Å². The number of pyridine rings is 1. The number of likely N-dealkylation sites (N-methyl/N-ethyl adjacent to an activating group) is 1. The number of amides is 2. The molecule has 2 aromatic rings. The van der Waals surface area contributed by atoms with Crippen LogP contribution in [0.5, 0.6) is 0 Å². The zero-order valence-electron chi connectivity index (χ0n) is 23.2. The lowest BCUT2D eigenvalue weighted by Gasteiger charge is -2.50. The molecule has 2 aliphatic rings. The van der Waals surface area contributed by atoms with Gasteiger partial charge in [-0.25, -0.2) is 0 Å². The highest BCUT2D eigenvalue weighted by atomic mass is 16.2. The van der Waals surface area contributed by atoms with Crippen molar-refractivity contribution >= 4 is 11.8 Å². The third-order valence-corrected chi connectivity index (χ3v) is 8.33. The number of aromatic nitrogens is 1. The third-order valence-electron chi connectivity index (χ3n) is 8.33. The maximum Gasteiger partial charge on any atom is 0.255 e. The van der Waals surface area contributed by atoms with E-state index in [0.717, 1.165) is 68.7 Å². The summed E-state index contributed by atoms with van der Waals surface area (Å²) in [4.78, 5) is 39.5. The predicted molar refractivity (Wildman–Crippen MR) is 147 cm³/mol. The molecular weight excluding hydrogens is 462 g/mol. The summed E-state index contributed by atoms with van der Waals surface area (Å²) in [6.45, 7) is 10.9. The van der Waals surface area contributed by atoms with Crippen molar-refractivity contribution in [3.63, 3.8) is 0 Å². The molecule has 3 heterocycles. The van der Waals surface area contributed by atoms with Gasteiger partial charge < -0.3 is 14.7 Å². The highest BCUT2D eigenvalue weighted by molar-refractivity contribution is 5.96. The van der Waals surface area contributed by atoms with Crippen LogP contribution < -0.4 is 0 Å². The number of carbonyl (C=O) groups is 2. The van der Waals surface area contributed by atoms with Crippen molar-refractivity contribution in [1.82, 2.24) is 24.6 Å². The number of likely N-dealkylation sites (tertiary alicyclic amines) is 2. The minimum atomic E-state index is 0.0820. The first-order valence-corrected chi connectivity index (χ1v) is 13.6. The minimum absolute atomic E-state index is 0.0820. The molecule has 4 rings (SSSR count). The van der Waals surface area contributed by atoms with E-state index in [4.69, 9.17) is 0 Å². The van der Waals surface area contributed by atoms with Crippen LogP contribution in [-0.4, -0.2) is 94.8 Å². The minimum Gasteiger partial charge on any atom is -0.338 e. The molecule has 0 atom stereocenters.